The number of hydrogen-bond donors (Lipinski definition) is 1. The van der Waals surface area contributed by atoms with Crippen LogP contribution in [0.25, 0.3) is 5.70 Å². The number of carbonyl (C=O) groups excluding carboxylic acids is 1. The highest BCUT2D eigenvalue weighted by atomic mass is 35.5. The van der Waals surface area contributed by atoms with Crippen LogP contribution >= 0.6 is 23.2 Å². The molecule has 0 aliphatic carbocycles. The smallest absolute Gasteiger partial charge is 0.335 e. The van der Waals surface area contributed by atoms with Gasteiger partial charge in [0.05, 0.1) is 40.5 Å². The van der Waals surface area contributed by atoms with E-state index in [0.29, 0.717) is 12.1 Å². The summed E-state index contributed by atoms with van der Waals surface area (Å²) in [6, 6.07) is 7.73. The van der Waals surface area contributed by atoms with E-state index in [4.69, 9.17) is 33.3 Å². The van der Waals surface area contributed by atoms with Crippen LogP contribution in [0.2, 0.25) is 10.0 Å². The van der Waals surface area contributed by atoms with Crippen molar-refractivity contribution in [3.63, 3.8) is 0 Å². The largest absolute Gasteiger partial charge is 0.428 e. The van der Waals surface area contributed by atoms with Gasteiger partial charge in [-0.25, -0.2) is 4.39 Å². The van der Waals surface area contributed by atoms with Gasteiger partial charge in [0.25, 0.3) is 0 Å². The first-order valence-electron chi connectivity index (χ1n) is 10.4. The maximum atomic E-state index is 15.1. The fraction of sp³-hybridized carbons (Fsp3) is 0.304. The van der Waals surface area contributed by atoms with E-state index in [9.17, 15) is 31.1 Å². The number of carbonyl (C=O) groups is 1. The van der Waals surface area contributed by atoms with Gasteiger partial charge in [-0.3, -0.25) is 15.1 Å². The number of rotatable bonds is 4. The quantitative estimate of drug-likeness (QED) is 0.442. The Balaban J connectivity index is 1.66. The van der Waals surface area contributed by atoms with Gasteiger partial charge in [-0.2, -0.15) is 31.6 Å². The van der Waals surface area contributed by atoms with Crippen LogP contribution in [-0.4, -0.2) is 30.1 Å². The van der Waals surface area contributed by atoms with Crippen molar-refractivity contribution in [2.75, 3.05) is 13.1 Å². The summed E-state index contributed by atoms with van der Waals surface area (Å²) in [5.41, 5.74) is -5.65. The van der Waals surface area contributed by atoms with Gasteiger partial charge >= 0.3 is 12.4 Å². The molecular weight excluding hydrogens is 554 g/mol. The average molecular weight is 568 g/mol. The second-order valence-electron chi connectivity index (χ2n) is 8.44. The number of halogens is 9. The Hall–Kier alpha value is -3.01. The van der Waals surface area contributed by atoms with Crippen LogP contribution in [0.5, 0.6) is 0 Å². The monoisotopic (exact) mass is 567 g/mol. The van der Waals surface area contributed by atoms with Crippen molar-refractivity contribution < 1.29 is 40.4 Å². The fourth-order valence-electron chi connectivity index (χ4n) is 4.04. The molecule has 196 valence electrons. The summed E-state index contributed by atoms with van der Waals surface area (Å²) in [6.45, 7) is -0.570. The minimum atomic E-state index is -5.23. The molecule has 2 aliphatic rings. The third-order valence-corrected chi connectivity index (χ3v) is 6.83. The van der Waals surface area contributed by atoms with Crippen molar-refractivity contribution in [2.45, 2.75) is 30.0 Å². The van der Waals surface area contributed by atoms with Crippen LogP contribution < -0.4 is 5.48 Å². The van der Waals surface area contributed by atoms with E-state index >= 15 is 4.39 Å². The Labute approximate surface area is 214 Å². The lowest BCUT2D eigenvalue weighted by atomic mass is 9.86. The van der Waals surface area contributed by atoms with E-state index in [1.165, 1.54) is 24.3 Å². The van der Waals surface area contributed by atoms with Crippen LogP contribution in [0.15, 0.2) is 42.5 Å². The minimum Gasteiger partial charge on any atom is -0.335 e. The highest BCUT2D eigenvalue weighted by molar-refractivity contribution is 6.42. The molecule has 1 fully saturated rings. The minimum absolute atomic E-state index is 0.117. The third kappa shape index (κ3) is 4.71. The molecule has 2 aromatic rings. The van der Waals surface area contributed by atoms with Gasteiger partial charge in [0.1, 0.15) is 6.42 Å². The van der Waals surface area contributed by atoms with E-state index in [-0.39, 0.29) is 42.4 Å². The van der Waals surface area contributed by atoms with Gasteiger partial charge in [-0.15, -0.1) is 0 Å². The number of hydroxylamine groups is 1. The zero-order chi connectivity index (χ0) is 27.4. The van der Waals surface area contributed by atoms with Crippen LogP contribution in [-0.2, 0) is 27.1 Å². The molecule has 2 aliphatic heterocycles. The van der Waals surface area contributed by atoms with E-state index in [0.717, 1.165) is 4.90 Å². The predicted molar refractivity (Wildman–Crippen MR) is 117 cm³/mol. The van der Waals surface area contributed by atoms with Crippen LogP contribution in [0.4, 0.5) is 30.7 Å². The van der Waals surface area contributed by atoms with E-state index in [1.54, 1.807) is 6.07 Å². The Morgan fingerprint density at radius 1 is 1.08 bits per heavy atom. The van der Waals surface area contributed by atoms with E-state index in [2.05, 4.69) is 5.48 Å². The topological polar surface area (TPSA) is 65.4 Å². The Morgan fingerprint density at radius 2 is 1.70 bits per heavy atom. The summed E-state index contributed by atoms with van der Waals surface area (Å²) in [7, 11) is 0. The maximum absolute atomic E-state index is 15.1. The first kappa shape index (κ1) is 27.0. The number of alkyl halides is 7. The first-order chi connectivity index (χ1) is 17.1. The van der Waals surface area contributed by atoms with Gasteiger partial charge < -0.3 is 4.90 Å². The zero-order valence-electron chi connectivity index (χ0n) is 18.3. The highest BCUT2D eigenvalue weighted by Crippen LogP contribution is 2.50. The lowest BCUT2D eigenvalue weighted by Crippen LogP contribution is -2.58. The lowest BCUT2D eigenvalue weighted by Gasteiger charge is -2.44. The van der Waals surface area contributed by atoms with Gasteiger partial charge in [-0.1, -0.05) is 47.5 Å². The molecule has 0 aromatic heterocycles. The summed E-state index contributed by atoms with van der Waals surface area (Å²) >= 11 is 11.3. The fourth-order valence-corrected chi connectivity index (χ4v) is 4.48. The van der Waals surface area contributed by atoms with Crippen molar-refractivity contribution >= 4 is 34.8 Å². The number of nitriles is 1. The molecular formula is C23H14Cl2F7N3O2. The normalized spacial score (nSPS) is 21.1. The van der Waals surface area contributed by atoms with Gasteiger partial charge in [0, 0.05) is 5.56 Å². The summed E-state index contributed by atoms with van der Waals surface area (Å²) in [5, 5.41) is 6.87. The molecule has 1 unspecified atom stereocenters. The van der Waals surface area contributed by atoms with Crippen molar-refractivity contribution in [3.05, 3.63) is 74.8 Å². The molecule has 0 radical (unpaired) electrons. The molecule has 1 amide bonds. The summed E-state index contributed by atoms with van der Waals surface area (Å²) in [4.78, 5) is 17.7. The number of nitrogens with one attached hydrogen (secondary N) is 1. The van der Waals surface area contributed by atoms with Crippen molar-refractivity contribution in [1.29, 1.82) is 5.26 Å². The molecule has 0 saturated carbocycles. The molecule has 2 heterocycles. The van der Waals surface area contributed by atoms with Crippen molar-refractivity contribution in [3.8, 4) is 6.07 Å². The molecule has 1 N–H and O–H groups in total. The third-order valence-electron chi connectivity index (χ3n) is 6.03. The molecule has 1 atom stereocenters. The number of amides is 1. The van der Waals surface area contributed by atoms with Crippen molar-refractivity contribution in [2.24, 2.45) is 0 Å². The first-order valence-corrected chi connectivity index (χ1v) is 11.1. The molecule has 0 bridgehead atoms. The molecule has 1 saturated heterocycles. The lowest BCUT2D eigenvalue weighted by molar-refractivity contribution is -0.269. The Bertz CT molecular complexity index is 1310. The number of nitrogens with zero attached hydrogens (tertiary/aromatic N) is 2. The Morgan fingerprint density at radius 3 is 2.24 bits per heavy atom. The summed E-state index contributed by atoms with van der Waals surface area (Å²) < 4.78 is 97.9. The van der Waals surface area contributed by atoms with Crippen LogP contribution in [0, 0.1) is 11.3 Å². The molecule has 37 heavy (non-hydrogen) atoms. The highest BCUT2D eigenvalue weighted by Gasteiger charge is 2.60. The molecule has 14 heteroatoms. The summed E-state index contributed by atoms with van der Waals surface area (Å²) in [5.74, 6) is -0.524. The van der Waals surface area contributed by atoms with Crippen LogP contribution in [0.3, 0.4) is 0 Å². The molecule has 2 aromatic carbocycles. The van der Waals surface area contributed by atoms with Crippen molar-refractivity contribution in [1.82, 2.24) is 10.4 Å². The Kier molecular flexibility index (Phi) is 6.63. The molecule has 0 spiro atoms. The van der Waals surface area contributed by atoms with Crippen LogP contribution in [0.1, 0.15) is 28.7 Å². The van der Waals surface area contributed by atoms with Gasteiger partial charge in [0.15, 0.2) is 5.67 Å². The standard InChI is InChI=1S/C23H14Cl2F7N3O2/c24-16-8-14(7-15(19(16)25)22(27,28)29)21(23(30,31)32)9-17(34-37-21)12-1-3-13(4-2-12)20(26)10-35(11-20)18(36)5-6-33/h1-4,7-9,34H,5,10-11H2. The SMILES string of the molecule is N#CCC(=O)N1CC(F)(c2ccc(C3=CC(c4cc(Cl)c(Cl)c(C(F)(F)F)c4)(C(F)(F)F)ON3)cc2)C1. The zero-order valence-corrected chi connectivity index (χ0v) is 19.8. The summed E-state index contributed by atoms with van der Waals surface area (Å²) in [6.07, 6.45) is -10.1. The van der Waals surface area contributed by atoms with Gasteiger partial charge in [-0.05, 0) is 29.3 Å². The van der Waals surface area contributed by atoms with E-state index < -0.39 is 50.7 Å². The number of hydrogen-bond acceptors (Lipinski definition) is 4. The maximum Gasteiger partial charge on any atom is 0.428 e. The predicted octanol–water partition coefficient (Wildman–Crippen LogP) is 6.27. The van der Waals surface area contributed by atoms with Gasteiger partial charge in [0.2, 0.25) is 11.5 Å². The number of likely N-dealkylation sites (tertiary alicyclic amines) is 1. The van der Waals surface area contributed by atoms with E-state index in [1.807, 2.05) is 0 Å². The number of benzene rings is 2. The molecule has 4 rings (SSSR count). The average Bonchev–Trinajstić information content (AvgIpc) is 3.25. The second kappa shape index (κ2) is 9.08. The molecule has 5 nitrogen and oxygen atoms in total. The second-order valence-corrected chi connectivity index (χ2v) is 9.23.